The highest BCUT2D eigenvalue weighted by atomic mass is 35.5. The minimum absolute atomic E-state index is 0.0916. The van der Waals surface area contributed by atoms with E-state index in [4.69, 9.17) is 16.3 Å². The van der Waals surface area contributed by atoms with Gasteiger partial charge in [0.15, 0.2) is 6.61 Å². The Bertz CT molecular complexity index is 828. The van der Waals surface area contributed by atoms with Crippen molar-refractivity contribution in [3.05, 3.63) is 53.3 Å². The molecule has 5 nitrogen and oxygen atoms in total. The Morgan fingerprint density at radius 3 is 2.88 bits per heavy atom. The number of nitrogens with one attached hydrogen (secondary N) is 1. The first-order chi connectivity index (χ1) is 12.0. The summed E-state index contributed by atoms with van der Waals surface area (Å²) in [4.78, 5) is 26.2. The summed E-state index contributed by atoms with van der Waals surface area (Å²) >= 11 is 5.91. The molecule has 1 aliphatic rings. The highest BCUT2D eigenvalue weighted by Gasteiger charge is 2.29. The Morgan fingerprint density at radius 2 is 2.12 bits per heavy atom. The van der Waals surface area contributed by atoms with Crippen molar-refractivity contribution in [3.63, 3.8) is 0 Å². The zero-order valence-corrected chi connectivity index (χ0v) is 14.2. The molecule has 130 valence electrons. The summed E-state index contributed by atoms with van der Waals surface area (Å²) in [5.41, 5.74) is 1.18. The zero-order chi connectivity index (χ0) is 18.0. The topological polar surface area (TPSA) is 58.6 Å². The Hall–Kier alpha value is -2.60. The summed E-state index contributed by atoms with van der Waals surface area (Å²) in [6.45, 7) is 1.52. The number of ether oxygens (including phenoxy) is 1. The van der Waals surface area contributed by atoms with Crippen LogP contribution >= 0.6 is 11.6 Å². The predicted molar refractivity (Wildman–Crippen MR) is 93.5 cm³/mol. The van der Waals surface area contributed by atoms with Crippen molar-refractivity contribution < 1.29 is 18.7 Å². The van der Waals surface area contributed by atoms with Gasteiger partial charge in [-0.2, -0.15) is 0 Å². The molecule has 2 aromatic rings. The zero-order valence-electron chi connectivity index (χ0n) is 13.5. The van der Waals surface area contributed by atoms with Gasteiger partial charge in [-0.1, -0.05) is 23.7 Å². The highest BCUT2D eigenvalue weighted by molar-refractivity contribution is 6.32. The van der Waals surface area contributed by atoms with E-state index in [1.54, 1.807) is 31.2 Å². The molecule has 1 heterocycles. The third kappa shape index (κ3) is 3.74. The molecular weight excluding hydrogens is 347 g/mol. The van der Waals surface area contributed by atoms with Gasteiger partial charge in [0.1, 0.15) is 11.6 Å². The van der Waals surface area contributed by atoms with Crippen LogP contribution in [0, 0.1) is 5.82 Å². The van der Waals surface area contributed by atoms with Crippen LogP contribution in [0.15, 0.2) is 42.5 Å². The van der Waals surface area contributed by atoms with Crippen LogP contribution in [-0.2, 0) is 9.59 Å². The molecule has 2 amide bonds. The molecule has 0 saturated carbocycles. The van der Waals surface area contributed by atoms with Crippen molar-refractivity contribution in [2.75, 3.05) is 16.8 Å². The summed E-state index contributed by atoms with van der Waals surface area (Å²) in [5, 5.41) is 2.88. The molecule has 1 aliphatic heterocycles. The predicted octanol–water partition coefficient (Wildman–Crippen LogP) is 3.62. The monoisotopic (exact) mass is 362 g/mol. The number of amides is 2. The summed E-state index contributed by atoms with van der Waals surface area (Å²) in [7, 11) is 0. The molecule has 2 aromatic carbocycles. The largest absolute Gasteiger partial charge is 0.482 e. The number of anilines is 2. The molecular formula is C18H16ClFN2O3. The van der Waals surface area contributed by atoms with Crippen LogP contribution in [0.1, 0.15) is 13.3 Å². The summed E-state index contributed by atoms with van der Waals surface area (Å²) in [5.74, 6) is -0.737. The van der Waals surface area contributed by atoms with Gasteiger partial charge in [0.05, 0.1) is 16.4 Å². The molecule has 7 heteroatoms. The Balaban J connectivity index is 1.81. The van der Waals surface area contributed by atoms with Crippen LogP contribution < -0.4 is 15.0 Å². The second-order valence-corrected chi connectivity index (χ2v) is 6.15. The van der Waals surface area contributed by atoms with Gasteiger partial charge >= 0.3 is 0 Å². The normalized spacial score (nSPS) is 16.7. The molecule has 0 bridgehead atoms. The van der Waals surface area contributed by atoms with Crippen molar-refractivity contribution in [2.24, 2.45) is 0 Å². The molecule has 3 rings (SSSR count). The van der Waals surface area contributed by atoms with Crippen LogP contribution in [0.4, 0.5) is 15.8 Å². The third-order valence-corrected chi connectivity index (χ3v) is 4.17. The average Bonchev–Trinajstić information content (AvgIpc) is 2.68. The molecule has 1 N–H and O–H groups in total. The molecule has 1 atom stereocenters. The number of carbonyl (C=O) groups is 2. The SMILES string of the molecule is C[C@@H]1CC(=O)Nc2ccccc2N1C(=O)COc1ccc(F)cc1Cl. The number of carbonyl (C=O) groups excluding carboxylic acids is 2. The molecule has 0 aromatic heterocycles. The molecule has 0 radical (unpaired) electrons. The Morgan fingerprint density at radius 1 is 1.36 bits per heavy atom. The van der Waals surface area contributed by atoms with Gasteiger partial charge in [-0.05, 0) is 37.3 Å². The van der Waals surface area contributed by atoms with E-state index in [9.17, 15) is 14.0 Å². The van der Waals surface area contributed by atoms with Gasteiger partial charge in [-0.15, -0.1) is 0 Å². The van der Waals surface area contributed by atoms with Crippen LogP contribution in [0.5, 0.6) is 5.75 Å². The van der Waals surface area contributed by atoms with Crippen LogP contribution in [0.25, 0.3) is 0 Å². The van der Waals surface area contributed by atoms with Gasteiger partial charge in [-0.25, -0.2) is 4.39 Å². The van der Waals surface area contributed by atoms with E-state index in [-0.39, 0.29) is 41.7 Å². The van der Waals surface area contributed by atoms with E-state index in [1.807, 2.05) is 0 Å². The first-order valence-electron chi connectivity index (χ1n) is 7.74. The van der Waals surface area contributed by atoms with E-state index in [0.717, 1.165) is 6.07 Å². The summed E-state index contributed by atoms with van der Waals surface area (Å²) in [6.07, 6.45) is 0.178. The smallest absolute Gasteiger partial charge is 0.265 e. The number of benzene rings is 2. The van der Waals surface area contributed by atoms with Crippen molar-refractivity contribution in [1.29, 1.82) is 0 Å². The summed E-state index contributed by atoms with van der Waals surface area (Å²) < 4.78 is 18.5. The minimum atomic E-state index is -0.483. The maximum absolute atomic E-state index is 13.1. The van der Waals surface area contributed by atoms with Gasteiger partial charge in [0.25, 0.3) is 5.91 Å². The lowest BCUT2D eigenvalue weighted by molar-refractivity contribution is -0.121. The fourth-order valence-corrected chi connectivity index (χ4v) is 2.99. The standard InChI is InChI=1S/C18H16ClFN2O3/c1-11-8-17(23)21-14-4-2-3-5-15(14)22(11)18(24)10-25-16-7-6-12(20)9-13(16)19/h2-7,9,11H,8,10H2,1H3,(H,21,23)/t11-/m1/s1. The quantitative estimate of drug-likeness (QED) is 0.907. The van der Waals surface area contributed by atoms with E-state index in [1.165, 1.54) is 17.0 Å². The second kappa shape index (κ2) is 7.11. The van der Waals surface area contributed by atoms with Crippen molar-refractivity contribution in [3.8, 4) is 5.75 Å². The van der Waals surface area contributed by atoms with Crippen molar-refractivity contribution >= 4 is 34.8 Å². The van der Waals surface area contributed by atoms with Crippen molar-refractivity contribution in [2.45, 2.75) is 19.4 Å². The van der Waals surface area contributed by atoms with Gasteiger partial charge in [0, 0.05) is 12.5 Å². The highest BCUT2D eigenvalue weighted by Crippen LogP contribution is 2.31. The van der Waals surface area contributed by atoms with E-state index in [0.29, 0.717) is 11.4 Å². The second-order valence-electron chi connectivity index (χ2n) is 5.75. The fraction of sp³-hybridized carbons (Fsp3) is 0.222. The lowest BCUT2D eigenvalue weighted by Crippen LogP contribution is -2.41. The number of nitrogens with zero attached hydrogens (tertiary/aromatic N) is 1. The molecule has 0 aliphatic carbocycles. The number of hydrogen-bond donors (Lipinski definition) is 1. The number of para-hydroxylation sites is 2. The van der Waals surface area contributed by atoms with Gasteiger partial charge in [0.2, 0.25) is 5.91 Å². The van der Waals surface area contributed by atoms with Crippen LogP contribution in [-0.4, -0.2) is 24.5 Å². The maximum atomic E-state index is 13.1. The van der Waals surface area contributed by atoms with Crippen LogP contribution in [0.3, 0.4) is 0 Å². The number of fused-ring (bicyclic) bond motifs is 1. The molecule has 0 spiro atoms. The molecule has 0 fully saturated rings. The number of rotatable bonds is 3. The third-order valence-electron chi connectivity index (χ3n) is 3.87. The van der Waals surface area contributed by atoms with E-state index < -0.39 is 5.82 Å². The minimum Gasteiger partial charge on any atom is -0.482 e. The van der Waals surface area contributed by atoms with Gasteiger partial charge in [-0.3, -0.25) is 9.59 Å². The first-order valence-corrected chi connectivity index (χ1v) is 8.12. The van der Waals surface area contributed by atoms with E-state index >= 15 is 0 Å². The number of hydrogen-bond acceptors (Lipinski definition) is 3. The lowest BCUT2D eigenvalue weighted by atomic mass is 10.1. The van der Waals surface area contributed by atoms with Crippen LogP contribution in [0.2, 0.25) is 5.02 Å². The average molecular weight is 363 g/mol. The summed E-state index contributed by atoms with van der Waals surface area (Å²) in [6, 6.07) is 10.4. The van der Waals surface area contributed by atoms with Crippen molar-refractivity contribution in [1.82, 2.24) is 0 Å². The first kappa shape index (κ1) is 17.2. The Kier molecular flexibility index (Phi) is 4.90. The van der Waals surface area contributed by atoms with E-state index in [2.05, 4.69) is 5.32 Å². The molecule has 25 heavy (non-hydrogen) atoms. The fourth-order valence-electron chi connectivity index (χ4n) is 2.77. The number of halogens is 2. The molecule has 0 saturated heterocycles. The lowest BCUT2D eigenvalue weighted by Gasteiger charge is -2.27. The maximum Gasteiger partial charge on any atom is 0.265 e. The Labute approximate surface area is 149 Å². The molecule has 0 unspecified atom stereocenters. The van der Waals surface area contributed by atoms with Gasteiger partial charge < -0.3 is 15.0 Å².